The number of halogens is 1. The molecule has 2 aromatic heterocycles. The number of fused-ring (bicyclic) bond motifs is 1. The molecular weight excluding hydrogens is 352 g/mol. The summed E-state index contributed by atoms with van der Waals surface area (Å²) in [6.45, 7) is 1.85. The highest BCUT2D eigenvalue weighted by atomic mass is 79.9. The number of thiophene rings is 1. The maximum Gasteiger partial charge on any atom is 0.267 e. The lowest BCUT2D eigenvalue weighted by Crippen LogP contribution is -2.12. The molecular formula is C14H13BrN4OS. The molecule has 3 N–H and O–H groups in total. The number of anilines is 2. The normalized spacial score (nSPS) is 11.0. The minimum Gasteiger partial charge on any atom is -0.397 e. The van der Waals surface area contributed by atoms with Gasteiger partial charge in [0.25, 0.3) is 5.91 Å². The second kappa shape index (κ2) is 5.16. The zero-order valence-electron chi connectivity index (χ0n) is 11.5. The van der Waals surface area contributed by atoms with Crippen molar-refractivity contribution in [1.82, 2.24) is 9.78 Å². The largest absolute Gasteiger partial charge is 0.397 e. The molecule has 0 saturated carbocycles. The molecule has 0 atom stereocenters. The van der Waals surface area contributed by atoms with Crippen molar-refractivity contribution in [3.05, 3.63) is 39.4 Å². The van der Waals surface area contributed by atoms with Crippen molar-refractivity contribution >= 4 is 54.6 Å². The average Bonchev–Trinajstić information content (AvgIpc) is 2.91. The van der Waals surface area contributed by atoms with Gasteiger partial charge in [0.1, 0.15) is 4.88 Å². The van der Waals surface area contributed by atoms with Crippen LogP contribution in [-0.4, -0.2) is 15.7 Å². The van der Waals surface area contributed by atoms with Crippen LogP contribution in [0.3, 0.4) is 0 Å². The van der Waals surface area contributed by atoms with Gasteiger partial charge in [-0.25, -0.2) is 0 Å². The molecule has 1 aromatic carbocycles. The molecule has 5 nitrogen and oxygen atoms in total. The number of benzene rings is 1. The second-order valence-corrected chi connectivity index (χ2v) is 6.71. The molecule has 0 spiro atoms. The molecule has 2 heterocycles. The van der Waals surface area contributed by atoms with Crippen LogP contribution in [0.1, 0.15) is 15.4 Å². The Balaban J connectivity index is 1.98. The Morgan fingerprint density at radius 3 is 2.90 bits per heavy atom. The summed E-state index contributed by atoms with van der Waals surface area (Å²) in [5.41, 5.74) is 8.09. The van der Waals surface area contributed by atoms with Crippen molar-refractivity contribution < 1.29 is 4.79 Å². The standard InChI is InChI=1S/C14H13BrN4OS/c1-7-10(6-19(2)18-7)17-14(20)13-12(16)9-5-8(15)3-4-11(9)21-13/h3-6H,16H2,1-2H3,(H,17,20). The fourth-order valence-corrected chi connectivity index (χ4v) is 3.52. The van der Waals surface area contributed by atoms with Crippen LogP contribution in [0.15, 0.2) is 28.9 Å². The van der Waals surface area contributed by atoms with E-state index < -0.39 is 0 Å². The summed E-state index contributed by atoms with van der Waals surface area (Å²) in [5, 5.41) is 7.95. The lowest BCUT2D eigenvalue weighted by atomic mass is 10.2. The third kappa shape index (κ3) is 2.54. The number of aromatic nitrogens is 2. The third-order valence-corrected chi connectivity index (χ3v) is 4.83. The van der Waals surface area contributed by atoms with E-state index in [9.17, 15) is 4.79 Å². The van der Waals surface area contributed by atoms with Crippen LogP contribution in [-0.2, 0) is 7.05 Å². The smallest absolute Gasteiger partial charge is 0.267 e. The van der Waals surface area contributed by atoms with Crippen LogP contribution in [0.4, 0.5) is 11.4 Å². The van der Waals surface area contributed by atoms with E-state index in [0.717, 1.165) is 20.3 Å². The van der Waals surface area contributed by atoms with Crippen molar-refractivity contribution in [2.24, 2.45) is 7.05 Å². The van der Waals surface area contributed by atoms with Crippen LogP contribution in [0.25, 0.3) is 10.1 Å². The van der Waals surface area contributed by atoms with E-state index in [1.807, 2.05) is 32.2 Å². The number of carbonyl (C=O) groups is 1. The zero-order valence-corrected chi connectivity index (χ0v) is 13.9. The molecule has 0 bridgehead atoms. The van der Waals surface area contributed by atoms with Crippen molar-refractivity contribution in [2.75, 3.05) is 11.1 Å². The summed E-state index contributed by atoms with van der Waals surface area (Å²) in [4.78, 5) is 12.9. The fraction of sp³-hybridized carbons (Fsp3) is 0.143. The van der Waals surface area contributed by atoms with E-state index >= 15 is 0 Å². The predicted octanol–water partition coefficient (Wildman–Crippen LogP) is 3.54. The van der Waals surface area contributed by atoms with Gasteiger partial charge in [0.15, 0.2) is 0 Å². The van der Waals surface area contributed by atoms with Crippen LogP contribution in [0, 0.1) is 6.92 Å². The van der Waals surface area contributed by atoms with Gasteiger partial charge in [0, 0.05) is 27.8 Å². The maximum absolute atomic E-state index is 12.4. The Kier molecular flexibility index (Phi) is 3.46. The number of amides is 1. The van der Waals surface area contributed by atoms with Crippen molar-refractivity contribution in [3.8, 4) is 0 Å². The minimum atomic E-state index is -0.207. The molecule has 0 radical (unpaired) electrons. The van der Waals surface area contributed by atoms with Crippen LogP contribution in [0.5, 0.6) is 0 Å². The molecule has 3 rings (SSSR count). The summed E-state index contributed by atoms with van der Waals surface area (Å²) in [5.74, 6) is -0.207. The average molecular weight is 365 g/mol. The van der Waals surface area contributed by atoms with E-state index in [0.29, 0.717) is 16.3 Å². The molecule has 0 aliphatic heterocycles. The first kappa shape index (κ1) is 14.1. The quantitative estimate of drug-likeness (QED) is 0.730. The summed E-state index contributed by atoms with van der Waals surface area (Å²) in [7, 11) is 1.81. The highest BCUT2D eigenvalue weighted by Gasteiger charge is 2.18. The molecule has 0 unspecified atom stereocenters. The first-order valence-corrected chi connectivity index (χ1v) is 7.86. The monoisotopic (exact) mass is 364 g/mol. The van der Waals surface area contributed by atoms with Gasteiger partial charge in [-0.3, -0.25) is 9.48 Å². The zero-order chi connectivity index (χ0) is 15.1. The number of rotatable bonds is 2. The Morgan fingerprint density at radius 1 is 1.48 bits per heavy atom. The Labute approximate surface area is 133 Å². The van der Waals surface area contributed by atoms with Crippen LogP contribution >= 0.6 is 27.3 Å². The maximum atomic E-state index is 12.4. The van der Waals surface area contributed by atoms with E-state index in [1.54, 1.807) is 10.9 Å². The summed E-state index contributed by atoms with van der Waals surface area (Å²) in [6, 6.07) is 5.81. The van der Waals surface area contributed by atoms with E-state index in [-0.39, 0.29) is 5.91 Å². The van der Waals surface area contributed by atoms with Gasteiger partial charge in [-0.15, -0.1) is 11.3 Å². The molecule has 0 saturated heterocycles. The number of aryl methyl sites for hydroxylation is 2. The molecule has 108 valence electrons. The van der Waals surface area contributed by atoms with Gasteiger partial charge in [-0.1, -0.05) is 15.9 Å². The van der Waals surface area contributed by atoms with Crippen molar-refractivity contribution in [3.63, 3.8) is 0 Å². The molecule has 1 amide bonds. The number of hydrogen-bond acceptors (Lipinski definition) is 4. The number of carbonyl (C=O) groups excluding carboxylic acids is 1. The number of nitrogen functional groups attached to an aromatic ring is 1. The Hall–Kier alpha value is -1.86. The SMILES string of the molecule is Cc1nn(C)cc1NC(=O)c1sc2ccc(Br)cc2c1N. The summed E-state index contributed by atoms with van der Waals surface area (Å²) < 4.78 is 3.59. The lowest BCUT2D eigenvalue weighted by molar-refractivity contribution is 0.103. The Bertz CT molecular complexity index is 852. The van der Waals surface area contributed by atoms with E-state index in [1.165, 1.54) is 11.3 Å². The van der Waals surface area contributed by atoms with Gasteiger partial charge in [-0.2, -0.15) is 5.10 Å². The van der Waals surface area contributed by atoms with Gasteiger partial charge < -0.3 is 11.1 Å². The topological polar surface area (TPSA) is 72.9 Å². The third-order valence-electron chi connectivity index (χ3n) is 3.16. The van der Waals surface area contributed by atoms with Crippen molar-refractivity contribution in [1.29, 1.82) is 0 Å². The highest BCUT2D eigenvalue weighted by Crippen LogP contribution is 2.35. The van der Waals surface area contributed by atoms with Crippen molar-refractivity contribution in [2.45, 2.75) is 6.92 Å². The first-order chi connectivity index (χ1) is 9.95. The number of nitrogens with two attached hydrogens (primary N) is 1. The summed E-state index contributed by atoms with van der Waals surface area (Å²) >= 11 is 4.80. The predicted molar refractivity (Wildman–Crippen MR) is 89.8 cm³/mol. The molecule has 0 fully saturated rings. The molecule has 3 aromatic rings. The first-order valence-electron chi connectivity index (χ1n) is 6.25. The van der Waals surface area contributed by atoms with E-state index in [2.05, 4.69) is 26.3 Å². The van der Waals surface area contributed by atoms with E-state index in [4.69, 9.17) is 5.73 Å². The second-order valence-electron chi connectivity index (χ2n) is 4.74. The van der Waals surface area contributed by atoms with Gasteiger partial charge in [0.05, 0.1) is 17.1 Å². The Morgan fingerprint density at radius 2 is 2.24 bits per heavy atom. The minimum absolute atomic E-state index is 0.207. The number of hydrogen-bond donors (Lipinski definition) is 2. The van der Waals surface area contributed by atoms with Crippen LogP contribution in [0.2, 0.25) is 0 Å². The van der Waals surface area contributed by atoms with Crippen LogP contribution < -0.4 is 11.1 Å². The van der Waals surface area contributed by atoms with Gasteiger partial charge in [-0.05, 0) is 25.1 Å². The number of nitrogens with zero attached hydrogens (tertiary/aromatic N) is 2. The van der Waals surface area contributed by atoms with Gasteiger partial charge >= 0.3 is 0 Å². The van der Waals surface area contributed by atoms with Gasteiger partial charge in [0.2, 0.25) is 0 Å². The molecule has 0 aliphatic rings. The molecule has 0 aliphatic carbocycles. The highest BCUT2D eigenvalue weighted by molar-refractivity contribution is 9.10. The molecule has 7 heteroatoms. The number of nitrogens with one attached hydrogen (secondary N) is 1. The lowest BCUT2D eigenvalue weighted by Gasteiger charge is -2.02. The molecule has 21 heavy (non-hydrogen) atoms. The fourth-order valence-electron chi connectivity index (χ4n) is 2.16. The summed E-state index contributed by atoms with van der Waals surface area (Å²) in [6.07, 6.45) is 1.77.